The van der Waals surface area contributed by atoms with Gasteiger partial charge in [0.05, 0.1) is 17.3 Å². The fraction of sp³-hybridized carbons (Fsp3) is 0.273. The molecule has 3 rings (SSSR count). The van der Waals surface area contributed by atoms with Crippen molar-refractivity contribution >= 4 is 22.8 Å². The van der Waals surface area contributed by atoms with Gasteiger partial charge in [-0.05, 0) is 43.2 Å². The fourth-order valence-corrected chi connectivity index (χ4v) is 2.91. The van der Waals surface area contributed by atoms with Crippen molar-refractivity contribution in [3.8, 4) is 0 Å². The van der Waals surface area contributed by atoms with Crippen molar-refractivity contribution in [2.75, 3.05) is 6.54 Å². The number of para-hydroxylation sites is 1. The standard InChI is InChI=1S/C22H22FN3O4/c1-14(21(28)24-13-12-15-6-8-16(23)9-7-15)30-20(27)11-10-19-25-18-5-3-2-4-17(18)22(29)26-19/h2-9,14H,10-13H2,1H3,(H,24,28)(H,25,26,29)/t14-/m0/s1. The molecule has 0 spiro atoms. The molecule has 156 valence electrons. The van der Waals surface area contributed by atoms with E-state index in [4.69, 9.17) is 4.74 Å². The van der Waals surface area contributed by atoms with Crippen LogP contribution < -0.4 is 10.9 Å². The zero-order valence-electron chi connectivity index (χ0n) is 16.5. The number of halogens is 1. The number of hydrogen-bond acceptors (Lipinski definition) is 5. The van der Waals surface area contributed by atoms with Gasteiger partial charge >= 0.3 is 5.97 Å². The van der Waals surface area contributed by atoms with Crippen molar-refractivity contribution in [1.29, 1.82) is 0 Å². The van der Waals surface area contributed by atoms with Crippen molar-refractivity contribution < 1.29 is 18.7 Å². The maximum absolute atomic E-state index is 12.9. The Labute approximate surface area is 172 Å². The third-order valence-electron chi connectivity index (χ3n) is 4.53. The molecule has 0 saturated carbocycles. The molecule has 0 radical (unpaired) electrons. The average Bonchev–Trinajstić information content (AvgIpc) is 2.73. The second kappa shape index (κ2) is 9.78. The van der Waals surface area contributed by atoms with Crippen LogP contribution in [-0.4, -0.2) is 34.5 Å². The van der Waals surface area contributed by atoms with Crippen molar-refractivity contribution in [2.24, 2.45) is 0 Å². The highest BCUT2D eigenvalue weighted by molar-refractivity contribution is 5.83. The van der Waals surface area contributed by atoms with Crippen molar-refractivity contribution in [3.05, 3.63) is 76.1 Å². The van der Waals surface area contributed by atoms with Crippen LogP contribution in [0.15, 0.2) is 53.3 Å². The molecule has 1 heterocycles. The number of ether oxygens (including phenoxy) is 1. The first kappa shape index (κ1) is 21.2. The summed E-state index contributed by atoms with van der Waals surface area (Å²) in [5.41, 5.74) is 1.18. The number of nitrogens with one attached hydrogen (secondary N) is 2. The molecule has 0 aliphatic carbocycles. The molecule has 8 heteroatoms. The van der Waals surface area contributed by atoms with E-state index in [0.29, 0.717) is 29.7 Å². The van der Waals surface area contributed by atoms with Crippen LogP contribution in [0.4, 0.5) is 4.39 Å². The van der Waals surface area contributed by atoms with Crippen LogP contribution in [0.3, 0.4) is 0 Å². The zero-order chi connectivity index (χ0) is 21.5. The summed E-state index contributed by atoms with van der Waals surface area (Å²) in [7, 11) is 0. The van der Waals surface area contributed by atoms with Crippen LogP contribution in [0.25, 0.3) is 10.9 Å². The lowest BCUT2D eigenvalue weighted by molar-refractivity contribution is -0.154. The summed E-state index contributed by atoms with van der Waals surface area (Å²) >= 11 is 0. The molecule has 0 fully saturated rings. The summed E-state index contributed by atoms with van der Waals surface area (Å²) in [5, 5.41) is 3.16. The molecule has 30 heavy (non-hydrogen) atoms. The van der Waals surface area contributed by atoms with Crippen molar-refractivity contribution in [2.45, 2.75) is 32.3 Å². The Balaban J connectivity index is 1.44. The number of nitrogens with zero attached hydrogens (tertiary/aromatic N) is 1. The summed E-state index contributed by atoms with van der Waals surface area (Å²) in [6, 6.07) is 13.0. The largest absolute Gasteiger partial charge is 0.453 e. The van der Waals surface area contributed by atoms with E-state index < -0.39 is 18.0 Å². The Hall–Kier alpha value is -3.55. The number of amides is 1. The zero-order valence-corrected chi connectivity index (χ0v) is 16.5. The highest BCUT2D eigenvalue weighted by Gasteiger charge is 2.17. The molecular weight excluding hydrogens is 389 g/mol. The van der Waals surface area contributed by atoms with Crippen LogP contribution in [0.2, 0.25) is 0 Å². The minimum Gasteiger partial charge on any atom is -0.453 e. The van der Waals surface area contributed by atoms with Gasteiger partial charge in [-0.25, -0.2) is 9.37 Å². The molecule has 2 N–H and O–H groups in total. The normalized spacial score (nSPS) is 11.8. The Morgan fingerprint density at radius 1 is 1.13 bits per heavy atom. The van der Waals surface area contributed by atoms with E-state index in [-0.39, 0.29) is 24.2 Å². The van der Waals surface area contributed by atoms with Crippen molar-refractivity contribution in [3.63, 3.8) is 0 Å². The molecule has 0 saturated heterocycles. The molecular formula is C22H22FN3O4. The van der Waals surface area contributed by atoms with E-state index in [1.165, 1.54) is 19.1 Å². The summed E-state index contributed by atoms with van der Waals surface area (Å²) in [4.78, 5) is 43.2. The smallest absolute Gasteiger partial charge is 0.307 e. The first-order chi connectivity index (χ1) is 14.4. The van der Waals surface area contributed by atoms with E-state index in [0.717, 1.165) is 5.56 Å². The molecule has 0 unspecified atom stereocenters. The number of H-pyrrole nitrogens is 1. The number of esters is 1. The maximum atomic E-state index is 12.9. The predicted molar refractivity (Wildman–Crippen MR) is 109 cm³/mol. The minimum atomic E-state index is -0.950. The second-order valence-electron chi connectivity index (χ2n) is 6.83. The van der Waals surface area contributed by atoms with Gasteiger partial charge in [0.1, 0.15) is 11.6 Å². The second-order valence-corrected chi connectivity index (χ2v) is 6.83. The SMILES string of the molecule is C[C@H](OC(=O)CCc1nc2ccccc2c(=O)[nH]1)C(=O)NCCc1ccc(F)cc1. The van der Waals surface area contributed by atoms with Gasteiger partial charge in [0, 0.05) is 13.0 Å². The minimum absolute atomic E-state index is 0.0194. The topological polar surface area (TPSA) is 101 Å². The van der Waals surface area contributed by atoms with E-state index >= 15 is 0 Å². The van der Waals surface area contributed by atoms with E-state index in [1.54, 1.807) is 36.4 Å². The summed E-state index contributed by atoms with van der Waals surface area (Å²) in [6.45, 7) is 1.83. The molecule has 0 aliphatic heterocycles. The van der Waals surface area contributed by atoms with E-state index in [2.05, 4.69) is 15.3 Å². The number of rotatable bonds is 8. The van der Waals surface area contributed by atoms with Crippen molar-refractivity contribution in [1.82, 2.24) is 15.3 Å². The quantitative estimate of drug-likeness (QED) is 0.554. The summed E-state index contributed by atoms with van der Waals surface area (Å²) in [6.07, 6.45) is -0.241. The van der Waals surface area contributed by atoms with E-state index in [9.17, 15) is 18.8 Å². The number of carbonyl (C=O) groups is 2. The fourth-order valence-electron chi connectivity index (χ4n) is 2.91. The average molecular weight is 411 g/mol. The van der Waals surface area contributed by atoms with Crippen LogP contribution in [-0.2, 0) is 27.2 Å². The van der Waals surface area contributed by atoms with Gasteiger partial charge in [-0.2, -0.15) is 0 Å². The van der Waals surface area contributed by atoms with Gasteiger partial charge in [-0.3, -0.25) is 14.4 Å². The van der Waals surface area contributed by atoms with Gasteiger partial charge in [0.25, 0.3) is 11.5 Å². The number of hydrogen-bond donors (Lipinski definition) is 2. The third kappa shape index (κ3) is 5.73. The van der Waals surface area contributed by atoms with Crippen LogP contribution >= 0.6 is 0 Å². The van der Waals surface area contributed by atoms with Gasteiger partial charge in [0.15, 0.2) is 6.10 Å². The Morgan fingerprint density at radius 2 is 1.87 bits per heavy atom. The lowest BCUT2D eigenvalue weighted by Gasteiger charge is -2.13. The summed E-state index contributed by atoms with van der Waals surface area (Å²) in [5.74, 6) is -0.909. The Kier molecular flexibility index (Phi) is 6.90. The number of aryl methyl sites for hydroxylation is 1. The predicted octanol–water partition coefficient (Wildman–Crippen LogP) is 2.29. The molecule has 1 atom stereocenters. The number of aromatic amines is 1. The molecule has 1 amide bonds. The lowest BCUT2D eigenvalue weighted by atomic mass is 10.1. The molecule has 0 bridgehead atoms. The highest BCUT2D eigenvalue weighted by Crippen LogP contribution is 2.07. The van der Waals surface area contributed by atoms with Gasteiger partial charge in [-0.1, -0.05) is 24.3 Å². The third-order valence-corrected chi connectivity index (χ3v) is 4.53. The Bertz CT molecular complexity index is 1100. The lowest BCUT2D eigenvalue weighted by Crippen LogP contribution is -2.37. The van der Waals surface area contributed by atoms with Crippen LogP contribution in [0.5, 0.6) is 0 Å². The monoisotopic (exact) mass is 411 g/mol. The molecule has 1 aromatic heterocycles. The van der Waals surface area contributed by atoms with Gasteiger partial charge in [-0.15, -0.1) is 0 Å². The molecule has 3 aromatic rings. The van der Waals surface area contributed by atoms with Crippen LogP contribution in [0, 0.1) is 5.82 Å². The first-order valence-corrected chi connectivity index (χ1v) is 9.62. The highest BCUT2D eigenvalue weighted by atomic mass is 19.1. The van der Waals surface area contributed by atoms with Gasteiger partial charge in [0.2, 0.25) is 0 Å². The van der Waals surface area contributed by atoms with Gasteiger partial charge < -0.3 is 15.0 Å². The number of benzene rings is 2. The summed E-state index contributed by atoms with van der Waals surface area (Å²) < 4.78 is 18.0. The molecule has 7 nitrogen and oxygen atoms in total. The maximum Gasteiger partial charge on any atom is 0.307 e. The Morgan fingerprint density at radius 3 is 2.63 bits per heavy atom. The number of aromatic nitrogens is 2. The molecule has 2 aromatic carbocycles. The molecule has 0 aliphatic rings. The number of fused-ring (bicyclic) bond motifs is 1. The number of carbonyl (C=O) groups excluding carboxylic acids is 2. The van der Waals surface area contributed by atoms with E-state index in [1.807, 2.05) is 0 Å². The first-order valence-electron chi connectivity index (χ1n) is 9.62. The van der Waals surface area contributed by atoms with Crippen LogP contribution in [0.1, 0.15) is 24.7 Å².